The molecule has 194 valence electrons. The number of anilines is 1. The zero-order chi connectivity index (χ0) is 26.0. The lowest BCUT2D eigenvalue weighted by molar-refractivity contribution is -0.120. The topological polar surface area (TPSA) is 89.9 Å². The van der Waals surface area contributed by atoms with Crippen LogP contribution in [0, 0.1) is 20.8 Å². The van der Waals surface area contributed by atoms with Gasteiger partial charge in [0.25, 0.3) is 0 Å². The molecule has 7 rings (SSSR count). The van der Waals surface area contributed by atoms with Gasteiger partial charge in [-0.25, -0.2) is 15.0 Å². The highest BCUT2D eigenvalue weighted by molar-refractivity contribution is 7.13. The minimum absolute atomic E-state index is 0.121. The first kappa shape index (κ1) is 23.7. The Kier molecular flexibility index (Phi) is 5.70. The molecule has 0 spiro atoms. The van der Waals surface area contributed by atoms with Crippen molar-refractivity contribution in [3.8, 4) is 11.1 Å². The maximum Gasteiger partial charge on any atom is 0.229 e. The van der Waals surface area contributed by atoms with E-state index in [1.807, 2.05) is 24.1 Å². The van der Waals surface area contributed by atoms with Crippen LogP contribution in [-0.2, 0) is 17.6 Å². The molecule has 2 aliphatic rings. The Morgan fingerprint density at radius 1 is 1.11 bits per heavy atom. The molecule has 1 fully saturated rings. The van der Waals surface area contributed by atoms with Gasteiger partial charge in [-0.3, -0.25) is 9.69 Å². The van der Waals surface area contributed by atoms with Gasteiger partial charge in [-0.05, 0) is 64.2 Å². The number of carbonyl (C=O) groups is 1. The molecule has 0 radical (unpaired) electrons. The van der Waals surface area contributed by atoms with Gasteiger partial charge in [-0.2, -0.15) is 0 Å². The number of hydrogen-bond donors (Lipinski definition) is 0. The Hall–Kier alpha value is -3.37. The molecular formula is C28H28N6O2S2. The summed E-state index contributed by atoms with van der Waals surface area (Å²) < 4.78 is 7.88. The van der Waals surface area contributed by atoms with Gasteiger partial charge in [0.1, 0.15) is 11.6 Å². The molecule has 1 amide bonds. The molecule has 0 bridgehead atoms. The van der Waals surface area contributed by atoms with Crippen LogP contribution in [0.15, 0.2) is 34.3 Å². The number of aromatic nitrogens is 5. The summed E-state index contributed by atoms with van der Waals surface area (Å²) in [5.41, 5.74) is 6.21. The lowest BCUT2D eigenvalue weighted by Gasteiger charge is -2.35. The second-order valence-corrected chi connectivity index (χ2v) is 12.4. The Labute approximate surface area is 228 Å². The van der Waals surface area contributed by atoms with Crippen molar-refractivity contribution in [2.75, 3.05) is 4.90 Å². The van der Waals surface area contributed by atoms with E-state index < -0.39 is 0 Å². The highest BCUT2D eigenvalue weighted by Gasteiger charge is 2.37. The molecule has 0 N–H and O–H groups in total. The molecule has 1 aliphatic heterocycles. The van der Waals surface area contributed by atoms with Crippen LogP contribution in [0.1, 0.15) is 70.6 Å². The number of imidazole rings is 1. The Bertz CT molecular complexity index is 1640. The first-order valence-electron chi connectivity index (χ1n) is 13.1. The van der Waals surface area contributed by atoms with Gasteiger partial charge in [-0.15, -0.1) is 22.7 Å². The highest BCUT2D eigenvalue weighted by Crippen LogP contribution is 2.42. The SMILES string of the molecule is Cc1nc2c(s1)C[C@H](n1c([C@@H]3CCCC(=O)N3c3nccs3)nc3cc(-c4c(C)noc4C)ccc31)CC2. The normalized spacial score (nSPS) is 19.9. The van der Waals surface area contributed by atoms with Gasteiger partial charge in [0.2, 0.25) is 5.91 Å². The number of carbonyl (C=O) groups excluding carboxylic acids is 1. The number of benzene rings is 1. The van der Waals surface area contributed by atoms with Gasteiger partial charge in [-0.1, -0.05) is 11.2 Å². The predicted molar refractivity (Wildman–Crippen MR) is 149 cm³/mol. The summed E-state index contributed by atoms with van der Waals surface area (Å²) in [5.74, 6) is 1.87. The van der Waals surface area contributed by atoms with Crippen molar-refractivity contribution in [3.63, 3.8) is 0 Å². The van der Waals surface area contributed by atoms with E-state index in [9.17, 15) is 4.79 Å². The van der Waals surface area contributed by atoms with Crippen LogP contribution >= 0.6 is 22.7 Å². The van der Waals surface area contributed by atoms with Crippen LogP contribution in [0.4, 0.5) is 5.13 Å². The van der Waals surface area contributed by atoms with Crippen LogP contribution in [0.3, 0.4) is 0 Å². The summed E-state index contributed by atoms with van der Waals surface area (Å²) in [6.07, 6.45) is 6.91. The minimum atomic E-state index is -0.151. The molecule has 0 unspecified atom stereocenters. The van der Waals surface area contributed by atoms with E-state index in [-0.39, 0.29) is 18.0 Å². The zero-order valence-corrected chi connectivity index (χ0v) is 23.2. The van der Waals surface area contributed by atoms with Gasteiger partial charge in [0.15, 0.2) is 5.13 Å². The van der Waals surface area contributed by atoms with Crippen molar-refractivity contribution in [1.82, 2.24) is 24.7 Å². The fourth-order valence-electron chi connectivity index (χ4n) is 6.18. The number of amides is 1. The third-order valence-electron chi connectivity index (χ3n) is 7.80. The molecule has 10 heteroatoms. The van der Waals surface area contributed by atoms with Crippen molar-refractivity contribution in [2.45, 2.75) is 71.4 Å². The first-order chi connectivity index (χ1) is 18.5. The molecule has 5 heterocycles. The molecule has 0 saturated carbocycles. The molecule has 2 atom stereocenters. The van der Waals surface area contributed by atoms with Gasteiger partial charge < -0.3 is 9.09 Å². The monoisotopic (exact) mass is 544 g/mol. The van der Waals surface area contributed by atoms with Crippen molar-refractivity contribution in [1.29, 1.82) is 0 Å². The smallest absolute Gasteiger partial charge is 0.229 e. The third kappa shape index (κ3) is 3.80. The Balaban J connectivity index is 1.40. The van der Waals surface area contributed by atoms with Crippen LogP contribution < -0.4 is 4.90 Å². The number of piperidine rings is 1. The number of aryl methyl sites for hydroxylation is 4. The lowest BCUT2D eigenvalue weighted by Crippen LogP contribution is -2.40. The highest BCUT2D eigenvalue weighted by atomic mass is 32.1. The van der Waals surface area contributed by atoms with Gasteiger partial charge in [0, 0.05) is 40.9 Å². The van der Waals surface area contributed by atoms with Crippen molar-refractivity contribution in [3.05, 3.63) is 62.6 Å². The van der Waals surface area contributed by atoms with Crippen molar-refractivity contribution >= 4 is 44.7 Å². The molecular weight excluding hydrogens is 516 g/mol. The molecule has 8 nitrogen and oxygen atoms in total. The fourth-order valence-corrected chi connectivity index (χ4v) is 7.94. The number of rotatable bonds is 4. The Morgan fingerprint density at radius 3 is 2.79 bits per heavy atom. The van der Waals surface area contributed by atoms with Crippen LogP contribution in [0.5, 0.6) is 0 Å². The average Bonchev–Trinajstić information content (AvgIpc) is 3.69. The van der Waals surface area contributed by atoms with Crippen molar-refractivity contribution < 1.29 is 9.32 Å². The van der Waals surface area contributed by atoms with E-state index in [2.05, 4.69) is 39.8 Å². The quantitative estimate of drug-likeness (QED) is 0.256. The van der Waals surface area contributed by atoms with Crippen molar-refractivity contribution in [2.24, 2.45) is 0 Å². The van der Waals surface area contributed by atoms with Gasteiger partial charge in [0.05, 0.1) is 33.5 Å². The maximum atomic E-state index is 13.3. The average molecular weight is 545 g/mol. The fraction of sp³-hybridized carbons (Fsp3) is 0.393. The molecule has 4 aromatic heterocycles. The molecule has 1 saturated heterocycles. The standard InChI is InChI=1S/C28H28N6O2S2/c1-15-26(16(2)36-32-15)18-7-10-22-21(13-18)31-27(23-5-4-6-25(35)34(23)28-29-11-12-37-28)33(22)19-8-9-20-24(14-19)38-17(3)30-20/h7,10-13,19,23H,4-6,8-9,14H2,1-3H3/t19-,23+/m1/s1. The summed E-state index contributed by atoms with van der Waals surface area (Å²) >= 11 is 3.32. The molecule has 1 aromatic carbocycles. The van der Waals surface area contributed by atoms with E-state index in [1.165, 1.54) is 21.9 Å². The second-order valence-electron chi connectivity index (χ2n) is 10.2. The third-order valence-corrected chi connectivity index (χ3v) is 9.60. The molecule has 38 heavy (non-hydrogen) atoms. The van der Waals surface area contributed by atoms with Crippen LogP contribution in [0.2, 0.25) is 0 Å². The summed E-state index contributed by atoms with van der Waals surface area (Å²) in [7, 11) is 0. The lowest BCUT2D eigenvalue weighted by atomic mass is 9.95. The zero-order valence-electron chi connectivity index (χ0n) is 21.6. The second kappa shape index (κ2) is 9.13. The van der Waals surface area contributed by atoms with E-state index in [0.717, 1.165) is 81.7 Å². The largest absolute Gasteiger partial charge is 0.361 e. The van der Waals surface area contributed by atoms with Crippen LogP contribution in [-0.4, -0.2) is 30.6 Å². The Morgan fingerprint density at radius 2 is 2.00 bits per heavy atom. The number of fused-ring (bicyclic) bond motifs is 2. The van der Waals surface area contributed by atoms with Gasteiger partial charge >= 0.3 is 0 Å². The minimum Gasteiger partial charge on any atom is -0.361 e. The number of hydrogen-bond acceptors (Lipinski definition) is 8. The summed E-state index contributed by atoms with van der Waals surface area (Å²) in [5, 5.41) is 7.97. The summed E-state index contributed by atoms with van der Waals surface area (Å²) in [6, 6.07) is 6.57. The predicted octanol–water partition coefficient (Wildman–Crippen LogP) is 6.52. The van der Waals surface area contributed by atoms with E-state index >= 15 is 0 Å². The molecule has 1 aliphatic carbocycles. The summed E-state index contributed by atoms with van der Waals surface area (Å²) in [6.45, 7) is 6.00. The van der Waals surface area contributed by atoms with E-state index in [1.54, 1.807) is 17.5 Å². The van der Waals surface area contributed by atoms with Crippen LogP contribution in [0.25, 0.3) is 22.2 Å². The maximum absolute atomic E-state index is 13.3. The first-order valence-corrected chi connectivity index (χ1v) is 14.8. The van der Waals surface area contributed by atoms with E-state index in [4.69, 9.17) is 14.5 Å². The van der Waals surface area contributed by atoms with E-state index in [0.29, 0.717) is 6.42 Å². The molecule has 5 aromatic rings. The number of thiazole rings is 2. The summed E-state index contributed by atoms with van der Waals surface area (Å²) in [4.78, 5) is 31.1. The number of nitrogens with zero attached hydrogens (tertiary/aromatic N) is 6.